The number of aromatic nitrogens is 1. The number of thioether (sulfide) groups is 1. The van der Waals surface area contributed by atoms with E-state index in [1.807, 2.05) is 45.9 Å². The van der Waals surface area contributed by atoms with Crippen molar-refractivity contribution in [2.24, 2.45) is 0 Å². The molecule has 0 amide bonds. The van der Waals surface area contributed by atoms with Crippen LogP contribution in [0.5, 0.6) is 0 Å². The Morgan fingerprint density at radius 1 is 1.14 bits per heavy atom. The van der Waals surface area contributed by atoms with Gasteiger partial charge in [0.15, 0.2) is 0 Å². The molecule has 0 atom stereocenters. The average molecular weight is 325 g/mol. The van der Waals surface area contributed by atoms with E-state index in [2.05, 4.69) is 4.98 Å². The maximum atomic E-state index is 12.8. The molecular formula is C15H18BF2NO2S. The standard InChI is InChI=1S/C15H18BF2NO2S/c1-14(2)15(3,4)21-16(20-14)9-6-5-7-10-12(9)11(8-19-10)22-13(17)18/h5-8,13,19H,1-4H3. The minimum atomic E-state index is -2.47. The molecule has 22 heavy (non-hydrogen) atoms. The van der Waals surface area contributed by atoms with Crippen LogP contribution < -0.4 is 5.46 Å². The largest absolute Gasteiger partial charge is 0.495 e. The number of aromatic amines is 1. The fourth-order valence-electron chi connectivity index (χ4n) is 2.54. The summed E-state index contributed by atoms with van der Waals surface area (Å²) >= 11 is 0.532. The first-order chi connectivity index (χ1) is 10.2. The topological polar surface area (TPSA) is 34.2 Å². The zero-order valence-electron chi connectivity index (χ0n) is 12.9. The summed E-state index contributed by atoms with van der Waals surface area (Å²) in [6, 6.07) is 5.60. The van der Waals surface area contributed by atoms with Crippen molar-refractivity contribution in [2.75, 3.05) is 0 Å². The fourth-order valence-corrected chi connectivity index (χ4v) is 3.20. The Morgan fingerprint density at radius 3 is 2.36 bits per heavy atom. The van der Waals surface area contributed by atoms with Crippen molar-refractivity contribution in [3.05, 3.63) is 24.4 Å². The number of rotatable bonds is 3. The van der Waals surface area contributed by atoms with Gasteiger partial charge < -0.3 is 14.3 Å². The van der Waals surface area contributed by atoms with Crippen molar-refractivity contribution in [2.45, 2.75) is 49.6 Å². The highest BCUT2D eigenvalue weighted by molar-refractivity contribution is 7.99. The first kappa shape index (κ1) is 15.8. The lowest BCUT2D eigenvalue weighted by atomic mass is 9.77. The molecular weight excluding hydrogens is 307 g/mol. The summed E-state index contributed by atoms with van der Waals surface area (Å²) in [4.78, 5) is 3.54. The Labute approximate surface area is 132 Å². The third-order valence-corrected chi connectivity index (χ3v) is 5.18. The van der Waals surface area contributed by atoms with E-state index >= 15 is 0 Å². The number of halogens is 2. The molecule has 1 fully saturated rings. The number of hydrogen-bond donors (Lipinski definition) is 1. The first-order valence-electron chi connectivity index (χ1n) is 7.12. The SMILES string of the molecule is CC1(C)OB(c2cccc3[nH]cc(SC(F)F)c23)OC1(C)C. The summed E-state index contributed by atoms with van der Waals surface area (Å²) in [7, 11) is -0.568. The Hall–Kier alpha value is -1.05. The molecule has 7 heteroatoms. The van der Waals surface area contributed by atoms with Gasteiger partial charge in [0.05, 0.1) is 11.2 Å². The van der Waals surface area contributed by atoms with Crippen molar-refractivity contribution in [3.8, 4) is 0 Å². The number of benzene rings is 1. The molecule has 1 aromatic carbocycles. The van der Waals surface area contributed by atoms with Crippen LogP contribution in [0.15, 0.2) is 29.3 Å². The van der Waals surface area contributed by atoms with E-state index in [0.717, 1.165) is 16.4 Å². The Bertz CT molecular complexity index is 686. The third kappa shape index (κ3) is 2.55. The molecule has 1 N–H and O–H groups in total. The maximum absolute atomic E-state index is 12.8. The monoisotopic (exact) mass is 325 g/mol. The van der Waals surface area contributed by atoms with E-state index in [9.17, 15) is 8.78 Å². The minimum absolute atomic E-state index is 0.466. The van der Waals surface area contributed by atoms with E-state index in [4.69, 9.17) is 9.31 Å². The molecule has 0 unspecified atom stereocenters. The predicted octanol–water partition coefficient (Wildman–Crippen LogP) is 3.78. The number of alkyl halides is 2. The van der Waals surface area contributed by atoms with Crippen LogP contribution in [0.2, 0.25) is 0 Å². The average Bonchev–Trinajstić information content (AvgIpc) is 2.88. The van der Waals surface area contributed by atoms with Gasteiger partial charge in [-0.05, 0) is 39.2 Å². The number of fused-ring (bicyclic) bond motifs is 1. The number of nitrogens with one attached hydrogen (secondary N) is 1. The molecule has 0 saturated carbocycles. The summed E-state index contributed by atoms with van der Waals surface area (Å²) in [5.41, 5.74) is 0.647. The lowest BCUT2D eigenvalue weighted by Crippen LogP contribution is -2.41. The summed E-state index contributed by atoms with van der Waals surface area (Å²) in [6.07, 6.45) is 1.61. The molecule has 1 aliphatic heterocycles. The van der Waals surface area contributed by atoms with Crippen molar-refractivity contribution >= 4 is 35.2 Å². The lowest BCUT2D eigenvalue weighted by molar-refractivity contribution is 0.00578. The highest BCUT2D eigenvalue weighted by Gasteiger charge is 2.52. The normalized spacial score (nSPS) is 20.2. The maximum Gasteiger partial charge on any atom is 0.495 e. The lowest BCUT2D eigenvalue weighted by Gasteiger charge is -2.32. The second-order valence-corrected chi connectivity index (χ2v) is 7.42. The highest BCUT2D eigenvalue weighted by Crippen LogP contribution is 2.38. The van der Waals surface area contributed by atoms with Gasteiger partial charge in [0.2, 0.25) is 0 Å². The molecule has 3 rings (SSSR count). The van der Waals surface area contributed by atoms with Crippen molar-refractivity contribution in [3.63, 3.8) is 0 Å². The highest BCUT2D eigenvalue weighted by atomic mass is 32.2. The predicted molar refractivity (Wildman–Crippen MR) is 85.9 cm³/mol. The van der Waals surface area contributed by atoms with Gasteiger partial charge in [-0.15, -0.1) is 0 Å². The Morgan fingerprint density at radius 2 is 1.77 bits per heavy atom. The van der Waals surface area contributed by atoms with Crippen LogP contribution in [0.1, 0.15) is 27.7 Å². The van der Waals surface area contributed by atoms with Crippen molar-refractivity contribution < 1.29 is 18.1 Å². The second kappa shape index (κ2) is 5.25. The molecule has 2 aromatic rings. The van der Waals surface area contributed by atoms with Gasteiger partial charge in [0.25, 0.3) is 5.76 Å². The van der Waals surface area contributed by atoms with E-state index in [1.165, 1.54) is 0 Å². The van der Waals surface area contributed by atoms with Crippen molar-refractivity contribution in [1.29, 1.82) is 0 Å². The van der Waals surface area contributed by atoms with E-state index in [0.29, 0.717) is 16.7 Å². The van der Waals surface area contributed by atoms with Crippen LogP contribution in [0.4, 0.5) is 8.78 Å². The van der Waals surface area contributed by atoms with Gasteiger partial charge in [0.1, 0.15) is 0 Å². The molecule has 2 heterocycles. The van der Waals surface area contributed by atoms with E-state index in [1.54, 1.807) is 6.20 Å². The quantitative estimate of drug-likeness (QED) is 0.689. The van der Waals surface area contributed by atoms with Crippen LogP contribution in [0.25, 0.3) is 10.9 Å². The first-order valence-corrected chi connectivity index (χ1v) is 8.00. The molecule has 0 spiro atoms. The smallest absolute Gasteiger partial charge is 0.399 e. The minimum Gasteiger partial charge on any atom is -0.399 e. The summed E-state index contributed by atoms with van der Waals surface area (Å²) in [5, 5.41) is 0.742. The summed E-state index contributed by atoms with van der Waals surface area (Å²) in [5.74, 6) is -2.47. The Kier molecular flexibility index (Phi) is 3.78. The van der Waals surface area contributed by atoms with Crippen LogP contribution in [-0.2, 0) is 9.31 Å². The van der Waals surface area contributed by atoms with E-state index in [-0.39, 0.29) is 0 Å². The molecule has 0 aliphatic carbocycles. The third-order valence-electron chi connectivity index (χ3n) is 4.43. The van der Waals surface area contributed by atoms with Crippen LogP contribution in [0.3, 0.4) is 0 Å². The fraction of sp³-hybridized carbons (Fsp3) is 0.467. The number of hydrogen-bond acceptors (Lipinski definition) is 3. The molecule has 0 radical (unpaired) electrons. The molecule has 1 aliphatic rings. The van der Waals surface area contributed by atoms with Crippen LogP contribution in [-0.4, -0.2) is 29.1 Å². The molecule has 0 bridgehead atoms. The van der Waals surface area contributed by atoms with E-state index < -0.39 is 24.1 Å². The van der Waals surface area contributed by atoms with Crippen molar-refractivity contribution in [1.82, 2.24) is 4.98 Å². The molecule has 1 saturated heterocycles. The van der Waals surface area contributed by atoms with Gasteiger partial charge >= 0.3 is 7.12 Å². The van der Waals surface area contributed by atoms with Crippen LogP contribution in [0, 0.1) is 0 Å². The van der Waals surface area contributed by atoms with Gasteiger partial charge in [-0.25, -0.2) is 0 Å². The Balaban J connectivity index is 2.06. The molecule has 118 valence electrons. The zero-order chi connectivity index (χ0) is 16.1. The van der Waals surface area contributed by atoms with Crippen LogP contribution >= 0.6 is 11.8 Å². The van der Waals surface area contributed by atoms with Gasteiger partial charge in [0, 0.05) is 22.0 Å². The number of H-pyrrole nitrogens is 1. The second-order valence-electron chi connectivity index (χ2n) is 6.39. The molecule has 3 nitrogen and oxygen atoms in total. The van der Waals surface area contributed by atoms with Gasteiger partial charge in [-0.2, -0.15) is 8.78 Å². The zero-order valence-corrected chi connectivity index (χ0v) is 13.8. The van der Waals surface area contributed by atoms with Gasteiger partial charge in [-0.3, -0.25) is 0 Å². The summed E-state index contributed by atoms with van der Waals surface area (Å²) in [6.45, 7) is 7.89. The molecule has 1 aromatic heterocycles. The summed E-state index contributed by atoms with van der Waals surface area (Å²) < 4.78 is 37.6. The van der Waals surface area contributed by atoms with Gasteiger partial charge in [-0.1, -0.05) is 23.9 Å².